The van der Waals surface area contributed by atoms with Crippen LogP contribution in [0.3, 0.4) is 0 Å². The normalized spacial score (nSPS) is 22.6. The summed E-state index contributed by atoms with van der Waals surface area (Å²) in [4.78, 5) is 19.1. The van der Waals surface area contributed by atoms with Gasteiger partial charge in [-0.05, 0) is 56.2 Å². The first-order valence-electron chi connectivity index (χ1n) is 10.1. The molecule has 2 fully saturated rings. The zero-order valence-electron chi connectivity index (χ0n) is 16.8. The number of aryl methyl sites for hydroxylation is 1. The molecular weight excluding hydrogens is 372 g/mol. The van der Waals surface area contributed by atoms with Crippen LogP contribution in [0.4, 0.5) is 0 Å². The lowest BCUT2D eigenvalue weighted by molar-refractivity contribution is 0.0781. The molecule has 1 aliphatic heterocycles. The van der Waals surface area contributed by atoms with Gasteiger partial charge in [0.25, 0.3) is 5.91 Å². The molecule has 150 valence electrons. The molecule has 1 saturated carbocycles. The van der Waals surface area contributed by atoms with Gasteiger partial charge in [-0.2, -0.15) is 0 Å². The fraction of sp³-hybridized carbons (Fsp3) is 0.545. The summed E-state index contributed by atoms with van der Waals surface area (Å²) in [6.07, 6.45) is 4.99. The highest BCUT2D eigenvalue weighted by Crippen LogP contribution is 2.39. The first-order valence-corrected chi connectivity index (χ1v) is 11.0. The van der Waals surface area contributed by atoms with E-state index >= 15 is 0 Å². The maximum absolute atomic E-state index is 12.8. The van der Waals surface area contributed by atoms with Crippen LogP contribution in [0, 0.1) is 12.8 Å². The topological polar surface area (TPSA) is 51.7 Å². The summed E-state index contributed by atoms with van der Waals surface area (Å²) < 4.78 is 11.8. The Balaban J connectivity index is 1.52. The van der Waals surface area contributed by atoms with Crippen LogP contribution in [-0.4, -0.2) is 42.1 Å². The van der Waals surface area contributed by atoms with Gasteiger partial charge in [0.15, 0.2) is 11.5 Å². The molecule has 0 radical (unpaired) electrons. The van der Waals surface area contributed by atoms with Crippen molar-refractivity contribution in [2.75, 3.05) is 20.2 Å². The summed E-state index contributed by atoms with van der Waals surface area (Å²) in [6, 6.07) is 6.24. The Labute approximate surface area is 170 Å². The number of hydrogen-bond donors (Lipinski definition) is 0. The second-order valence-electron chi connectivity index (χ2n) is 7.98. The van der Waals surface area contributed by atoms with Crippen molar-refractivity contribution in [2.45, 2.75) is 51.6 Å². The summed E-state index contributed by atoms with van der Waals surface area (Å²) in [6.45, 7) is 5.61. The lowest BCUT2D eigenvalue weighted by Crippen LogP contribution is -2.29. The molecule has 0 bridgehead atoms. The zero-order valence-corrected chi connectivity index (χ0v) is 17.6. The molecule has 0 spiro atoms. The molecule has 2 aliphatic rings. The van der Waals surface area contributed by atoms with Gasteiger partial charge in [-0.15, -0.1) is 11.3 Å². The monoisotopic (exact) mass is 400 g/mol. The number of nitrogens with zero attached hydrogens (tertiary/aromatic N) is 2. The van der Waals surface area contributed by atoms with Crippen molar-refractivity contribution in [2.24, 2.45) is 5.92 Å². The fourth-order valence-corrected chi connectivity index (χ4v) is 4.98. The Hall–Kier alpha value is -2.08. The quantitative estimate of drug-likeness (QED) is 0.733. The average Bonchev–Trinajstić information content (AvgIpc) is 3.43. The summed E-state index contributed by atoms with van der Waals surface area (Å²) >= 11 is 1.52. The highest BCUT2D eigenvalue weighted by molar-refractivity contribution is 7.09. The van der Waals surface area contributed by atoms with Crippen molar-refractivity contribution >= 4 is 17.2 Å². The molecule has 0 unspecified atom stereocenters. The van der Waals surface area contributed by atoms with E-state index in [1.807, 2.05) is 23.3 Å². The first-order chi connectivity index (χ1) is 13.5. The number of benzene rings is 1. The van der Waals surface area contributed by atoms with Gasteiger partial charge in [0.05, 0.1) is 18.2 Å². The van der Waals surface area contributed by atoms with Crippen LogP contribution < -0.4 is 9.47 Å². The van der Waals surface area contributed by atoms with E-state index in [0.717, 1.165) is 35.9 Å². The molecule has 5 nitrogen and oxygen atoms in total. The molecule has 4 rings (SSSR count). The molecule has 1 amide bonds. The van der Waals surface area contributed by atoms with E-state index in [4.69, 9.17) is 9.47 Å². The van der Waals surface area contributed by atoms with Crippen molar-refractivity contribution in [3.8, 4) is 11.5 Å². The second kappa shape index (κ2) is 8.11. The Kier molecular flexibility index (Phi) is 5.58. The largest absolute Gasteiger partial charge is 0.493 e. The van der Waals surface area contributed by atoms with Crippen LogP contribution in [0.25, 0.3) is 0 Å². The fourth-order valence-electron chi connectivity index (χ4n) is 4.39. The minimum absolute atomic E-state index is 0.0367. The minimum Gasteiger partial charge on any atom is -0.493 e. The molecule has 6 heteroatoms. The van der Waals surface area contributed by atoms with E-state index < -0.39 is 0 Å². The van der Waals surface area contributed by atoms with E-state index in [9.17, 15) is 4.79 Å². The van der Waals surface area contributed by atoms with Crippen molar-refractivity contribution < 1.29 is 14.3 Å². The van der Waals surface area contributed by atoms with Crippen LogP contribution in [-0.2, 0) is 0 Å². The number of carbonyl (C=O) groups is 1. The predicted molar refractivity (Wildman–Crippen MR) is 111 cm³/mol. The van der Waals surface area contributed by atoms with Crippen LogP contribution in [0.5, 0.6) is 11.5 Å². The highest BCUT2D eigenvalue weighted by Gasteiger charge is 2.35. The number of methoxy groups -OCH3 is 1. The minimum atomic E-state index is 0.0367. The molecule has 2 aromatic rings. The summed E-state index contributed by atoms with van der Waals surface area (Å²) in [5.41, 5.74) is 1.78. The number of rotatable bonds is 5. The molecule has 2 heterocycles. The van der Waals surface area contributed by atoms with Crippen LogP contribution in [0.2, 0.25) is 0 Å². The number of thiazole rings is 1. The Bertz CT molecular complexity index is 844. The second-order valence-corrected chi connectivity index (χ2v) is 9.04. The van der Waals surface area contributed by atoms with Gasteiger partial charge in [-0.1, -0.05) is 13.0 Å². The standard InChI is InChI=1S/C22H28N2O3S/c1-14-11-24(22(25)19-13-28-15(2)23-19)12-18(14)16-8-9-20(26-3)21(10-16)27-17-6-4-5-7-17/h8-10,13-14,17-18H,4-7,11-12H2,1-3H3/t14-,18+/m0/s1. The van der Waals surface area contributed by atoms with Crippen LogP contribution in [0.1, 0.15) is 59.6 Å². The molecule has 1 aromatic heterocycles. The Morgan fingerprint density at radius 1 is 1.21 bits per heavy atom. The predicted octanol–water partition coefficient (Wildman–Crippen LogP) is 4.66. The molecule has 1 aliphatic carbocycles. The van der Waals surface area contributed by atoms with Crippen LogP contribution >= 0.6 is 11.3 Å². The number of amides is 1. The number of hydrogen-bond acceptors (Lipinski definition) is 5. The third kappa shape index (κ3) is 3.88. The van der Waals surface area contributed by atoms with Gasteiger partial charge in [-0.3, -0.25) is 4.79 Å². The van der Waals surface area contributed by atoms with E-state index in [-0.39, 0.29) is 12.0 Å². The maximum Gasteiger partial charge on any atom is 0.273 e. The molecule has 0 N–H and O–H groups in total. The van der Waals surface area contributed by atoms with Gasteiger partial charge in [0, 0.05) is 24.4 Å². The molecule has 1 saturated heterocycles. The third-order valence-electron chi connectivity index (χ3n) is 5.95. The van der Waals surface area contributed by atoms with E-state index in [1.54, 1.807) is 7.11 Å². The summed E-state index contributed by atoms with van der Waals surface area (Å²) in [7, 11) is 1.69. The summed E-state index contributed by atoms with van der Waals surface area (Å²) in [5.74, 6) is 2.33. The Morgan fingerprint density at radius 2 is 2.00 bits per heavy atom. The summed E-state index contributed by atoms with van der Waals surface area (Å²) in [5, 5.41) is 2.78. The zero-order chi connectivity index (χ0) is 19.7. The highest BCUT2D eigenvalue weighted by atomic mass is 32.1. The van der Waals surface area contributed by atoms with E-state index in [2.05, 4.69) is 24.0 Å². The molecular formula is C22H28N2O3S. The van der Waals surface area contributed by atoms with Gasteiger partial charge in [0.2, 0.25) is 0 Å². The van der Waals surface area contributed by atoms with Crippen LogP contribution in [0.15, 0.2) is 23.6 Å². The van der Waals surface area contributed by atoms with Crippen molar-refractivity contribution in [1.29, 1.82) is 0 Å². The molecule has 28 heavy (non-hydrogen) atoms. The first kappa shape index (κ1) is 19.2. The maximum atomic E-state index is 12.8. The van der Waals surface area contributed by atoms with Crippen molar-refractivity contribution in [3.63, 3.8) is 0 Å². The number of ether oxygens (including phenoxy) is 2. The van der Waals surface area contributed by atoms with E-state index in [1.165, 1.54) is 29.7 Å². The van der Waals surface area contributed by atoms with Crippen molar-refractivity contribution in [3.05, 3.63) is 39.8 Å². The van der Waals surface area contributed by atoms with Gasteiger partial charge in [0.1, 0.15) is 5.69 Å². The van der Waals surface area contributed by atoms with Crippen molar-refractivity contribution in [1.82, 2.24) is 9.88 Å². The average molecular weight is 401 g/mol. The Morgan fingerprint density at radius 3 is 2.68 bits per heavy atom. The van der Waals surface area contributed by atoms with Gasteiger partial charge < -0.3 is 14.4 Å². The van der Waals surface area contributed by atoms with E-state index in [0.29, 0.717) is 24.1 Å². The van der Waals surface area contributed by atoms with Gasteiger partial charge >= 0.3 is 0 Å². The molecule has 2 atom stereocenters. The number of aromatic nitrogens is 1. The number of carbonyl (C=O) groups excluding carboxylic acids is 1. The lowest BCUT2D eigenvalue weighted by Gasteiger charge is -2.20. The molecule has 1 aromatic carbocycles. The SMILES string of the molecule is COc1ccc([C@@H]2CN(C(=O)c3csc(C)n3)C[C@@H]2C)cc1OC1CCCC1. The number of likely N-dealkylation sites (tertiary alicyclic amines) is 1. The van der Waals surface area contributed by atoms with Gasteiger partial charge in [-0.25, -0.2) is 4.98 Å². The smallest absolute Gasteiger partial charge is 0.273 e. The third-order valence-corrected chi connectivity index (χ3v) is 6.72. The lowest BCUT2D eigenvalue weighted by atomic mass is 9.90.